The van der Waals surface area contributed by atoms with E-state index in [1.54, 1.807) is 36.5 Å². The Balaban J connectivity index is 1.80. The zero-order valence-corrected chi connectivity index (χ0v) is 13.9. The number of carbonyl (C=O) groups excluding carboxylic acids is 1. The lowest BCUT2D eigenvalue weighted by Crippen LogP contribution is -2.33. The van der Waals surface area contributed by atoms with E-state index in [-0.39, 0.29) is 11.6 Å². The number of amides is 1. The maximum absolute atomic E-state index is 14.1. The molecule has 3 aromatic rings. The van der Waals surface area contributed by atoms with Gasteiger partial charge in [0.2, 0.25) is 0 Å². The van der Waals surface area contributed by atoms with Crippen molar-refractivity contribution in [3.8, 4) is 0 Å². The van der Waals surface area contributed by atoms with E-state index in [1.165, 1.54) is 4.90 Å². The highest BCUT2D eigenvalue weighted by atomic mass is 19.1. The monoisotopic (exact) mass is 351 g/mol. The second-order valence-electron chi connectivity index (χ2n) is 6.13. The van der Waals surface area contributed by atoms with Gasteiger partial charge in [0.25, 0.3) is 5.91 Å². The SMILES string of the molecule is Cc1ccc(N2C(=O)c3ccccc3[C@@H]2Nc2cc(F)ccc2F)nc1. The minimum Gasteiger partial charge on any atom is -0.359 e. The lowest BCUT2D eigenvalue weighted by Gasteiger charge is -2.26. The summed E-state index contributed by atoms with van der Waals surface area (Å²) >= 11 is 0. The maximum atomic E-state index is 14.1. The Morgan fingerprint density at radius 2 is 1.88 bits per heavy atom. The lowest BCUT2D eigenvalue weighted by molar-refractivity contribution is 0.0992. The van der Waals surface area contributed by atoms with Crippen LogP contribution in [0.25, 0.3) is 0 Å². The Hall–Kier alpha value is -3.28. The molecule has 6 heteroatoms. The van der Waals surface area contributed by atoms with Gasteiger partial charge < -0.3 is 5.32 Å². The van der Waals surface area contributed by atoms with Gasteiger partial charge in [-0.25, -0.2) is 13.8 Å². The summed E-state index contributed by atoms with van der Waals surface area (Å²) in [7, 11) is 0. The molecule has 0 spiro atoms. The topological polar surface area (TPSA) is 45.2 Å². The molecule has 1 atom stereocenters. The van der Waals surface area contributed by atoms with Gasteiger partial charge in [-0.2, -0.15) is 0 Å². The van der Waals surface area contributed by atoms with E-state index in [2.05, 4.69) is 10.3 Å². The molecule has 0 radical (unpaired) electrons. The molecule has 2 heterocycles. The first kappa shape index (κ1) is 16.2. The number of halogens is 2. The minimum atomic E-state index is -0.690. The van der Waals surface area contributed by atoms with Crippen molar-refractivity contribution in [1.29, 1.82) is 0 Å². The van der Waals surface area contributed by atoms with Crippen LogP contribution >= 0.6 is 0 Å². The third kappa shape index (κ3) is 2.69. The largest absolute Gasteiger partial charge is 0.359 e. The quantitative estimate of drug-likeness (QED) is 0.759. The summed E-state index contributed by atoms with van der Waals surface area (Å²) in [5, 5.41) is 2.95. The predicted molar refractivity (Wildman–Crippen MR) is 94.9 cm³/mol. The highest BCUT2D eigenvalue weighted by molar-refractivity contribution is 6.11. The number of nitrogens with zero attached hydrogens (tertiary/aromatic N) is 2. The fraction of sp³-hybridized carbons (Fsp3) is 0.100. The fourth-order valence-electron chi connectivity index (χ4n) is 3.05. The van der Waals surface area contributed by atoms with Gasteiger partial charge in [-0.1, -0.05) is 24.3 Å². The van der Waals surface area contributed by atoms with Crippen LogP contribution in [0.4, 0.5) is 20.3 Å². The molecule has 130 valence electrons. The summed E-state index contributed by atoms with van der Waals surface area (Å²) in [6.45, 7) is 1.90. The number of benzene rings is 2. The zero-order chi connectivity index (χ0) is 18.3. The third-order valence-electron chi connectivity index (χ3n) is 4.33. The van der Waals surface area contributed by atoms with E-state index in [0.717, 1.165) is 23.8 Å². The molecule has 1 aliphatic rings. The number of pyridine rings is 1. The normalized spacial score (nSPS) is 15.9. The van der Waals surface area contributed by atoms with Gasteiger partial charge >= 0.3 is 0 Å². The van der Waals surface area contributed by atoms with Crippen molar-refractivity contribution in [1.82, 2.24) is 4.98 Å². The summed E-state index contributed by atoms with van der Waals surface area (Å²) in [6.07, 6.45) is 0.969. The predicted octanol–water partition coefficient (Wildman–Crippen LogP) is 4.44. The molecule has 0 saturated carbocycles. The van der Waals surface area contributed by atoms with Crippen molar-refractivity contribution in [2.45, 2.75) is 13.1 Å². The third-order valence-corrected chi connectivity index (χ3v) is 4.33. The van der Waals surface area contributed by atoms with Crippen LogP contribution < -0.4 is 10.2 Å². The van der Waals surface area contributed by atoms with Crippen molar-refractivity contribution in [3.05, 3.63) is 89.1 Å². The number of rotatable bonds is 3. The van der Waals surface area contributed by atoms with Gasteiger partial charge in [0, 0.05) is 23.4 Å². The lowest BCUT2D eigenvalue weighted by atomic mass is 10.1. The van der Waals surface area contributed by atoms with Gasteiger partial charge in [-0.15, -0.1) is 0 Å². The summed E-state index contributed by atoms with van der Waals surface area (Å²) in [5.74, 6) is -0.969. The van der Waals surface area contributed by atoms with Crippen LogP contribution in [0.2, 0.25) is 0 Å². The van der Waals surface area contributed by atoms with Crippen molar-refractivity contribution in [2.24, 2.45) is 0 Å². The Morgan fingerprint density at radius 3 is 2.65 bits per heavy atom. The average Bonchev–Trinajstić information content (AvgIpc) is 2.92. The van der Waals surface area contributed by atoms with Gasteiger partial charge in [-0.05, 0) is 36.8 Å². The molecule has 26 heavy (non-hydrogen) atoms. The molecule has 2 aromatic carbocycles. The van der Waals surface area contributed by atoms with Crippen molar-refractivity contribution < 1.29 is 13.6 Å². The van der Waals surface area contributed by atoms with E-state index < -0.39 is 17.8 Å². The number of nitrogens with one attached hydrogen (secondary N) is 1. The zero-order valence-electron chi connectivity index (χ0n) is 13.9. The smallest absolute Gasteiger partial charge is 0.261 e. The molecule has 1 aromatic heterocycles. The molecule has 4 nitrogen and oxygen atoms in total. The van der Waals surface area contributed by atoms with Crippen LogP contribution in [-0.2, 0) is 0 Å². The van der Waals surface area contributed by atoms with Crippen molar-refractivity contribution >= 4 is 17.4 Å². The average molecular weight is 351 g/mol. The maximum Gasteiger partial charge on any atom is 0.261 e. The number of anilines is 2. The van der Waals surface area contributed by atoms with E-state index >= 15 is 0 Å². The molecule has 0 saturated heterocycles. The number of hydrogen-bond donors (Lipinski definition) is 1. The Labute approximate surface area is 149 Å². The summed E-state index contributed by atoms with van der Waals surface area (Å²) in [5.41, 5.74) is 2.13. The highest BCUT2D eigenvalue weighted by Gasteiger charge is 2.38. The highest BCUT2D eigenvalue weighted by Crippen LogP contribution is 2.37. The van der Waals surface area contributed by atoms with Crippen LogP contribution in [0.3, 0.4) is 0 Å². The molecule has 1 N–H and O–H groups in total. The molecular weight excluding hydrogens is 336 g/mol. The Morgan fingerprint density at radius 1 is 1.08 bits per heavy atom. The van der Waals surface area contributed by atoms with Gasteiger partial charge in [-0.3, -0.25) is 9.69 Å². The molecule has 1 aliphatic heterocycles. The first-order valence-electron chi connectivity index (χ1n) is 8.11. The standard InChI is InChI=1S/C20H15F2N3O/c1-12-6-9-18(23-11-12)25-19(14-4-2-3-5-15(14)20(25)26)24-17-10-13(21)7-8-16(17)22/h2-11,19,24H,1H3/t19-/m1/s1. The molecule has 0 fully saturated rings. The Bertz CT molecular complexity index is 989. The van der Waals surface area contributed by atoms with Gasteiger partial charge in [0.15, 0.2) is 0 Å². The van der Waals surface area contributed by atoms with E-state index in [9.17, 15) is 13.6 Å². The first-order valence-corrected chi connectivity index (χ1v) is 8.11. The van der Waals surface area contributed by atoms with E-state index in [4.69, 9.17) is 0 Å². The van der Waals surface area contributed by atoms with Crippen molar-refractivity contribution in [3.63, 3.8) is 0 Å². The van der Waals surface area contributed by atoms with Crippen molar-refractivity contribution in [2.75, 3.05) is 10.2 Å². The summed E-state index contributed by atoms with van der Waals surface area (Å²) < 4.78 is 27.7. The van der Waals surface area contributed by atoms with Gasteiger partial charge in [0.05, 0.1) is 5.69 Å². The number of hydrogen-bond acceptors (Lipinski definition) is 3. The van der Waals surface area contributed by atoms with Crippen LogP contribution in [0.15, 0.2) is 60.8 Å². The first-order chi connectivity index (χ1) is 12.5. The summed E-state index contributed by atoms with van der Waals surface area (Å²) in [4.78, 5) is 18.7. The molecule has 0 bridgehead atoms. The van der Waals surface area contributed by atoms with Crippen LogP contribution in [0, 0.1) is 18.6 Å². The van der Waals surface area contributed by atoms with Crippen LogP contribution in [-0.4, -0.2) is 10.9 Å². The Kier molecular flexibility index (Phi) is 3.88. The summed E-state index contributed by atoms with van der Waals surface area (Å²) in [6, 6.07) is 13.8. The van der Waals surface area contributed by atoms with Gasteiger partial charge in [0.1, 0.15) is 23.6 Å². The number of aryl methyl sites for hydroxylation is 1. The number of fused-ring (bicyclic) bond motifs is 1. The molecule has 0 unspecified atom stereocenters. The van der Waals surface area contributed by atoms with Crippen LogP contribution in [0.5, 0.6) is 0 Å². The molecule has 1 amide bonds. The van der Waals surface area contributed by atoms with E-state index in [1.807, 2.05) is 13.0 Å². The molecular formula is C20H15F2N3O. The number of aromatic nitrogens is 1. The number of carbonyl (C=O) groups is 1. The fourth-order valence-corrected chi connectivity index (χ4v) is 3.05. The van der Waals surface area contributed by atoms with E-state index in [0.29, 0.717) is 16.9 Å². The minimum absolute atomic E-state index is 0.0170. The second kappa shape index (κ2) is 6.22. The van der Waals surface area contributed by atoms with Crippen LogP contribution in [0.1, 0.15) is 27.7 Å². The molecule has 4 rings (SSSR count). The second-order valence-corrected chi connectivity index (χ2v) is 6.13. The molecule has 0 aliphatic carbocycles.